The van der Waals surface area contributed by atoms with E-state index in [1.807, 2.05) is 0 Å². The van der Waals surface area contributed by atoms with Crippen molar-refractivity contribution in [2.75, 3.05) is 0 Å². The minimum Gasteiger partial charge on any atom is -0.479 e. The fraction of sp³-hybridized carbons (Fsp3) is 0.545. The van der Waals surface area contributed by atoms with Gasteiger partial charge in [0.25, 0.3) is 0 Å². The second kappa shape index (κ2) is 3.16. The monoisotopic (exact) mass is 240 g/mol. The predicted octanol–water partition coefficient (Wildman–Crippen LogP) is -0.347. The molecule has 1 fully saturated rings. The van der Waals surface area contributed by atoms with Gasteiger partial charge in [0.15, 0.2) is 11.4 Å². The average Bonchev–Trinajstić information content (AvgIpc) is 2.14. The maximum Gasteiger partial charge on any atom is 0.337 e. The molecule has 0 aromatic carbocycles. The van der Waals surface area contributed by atoms with Crippen LogP contribution in [0.4, 0.5) is 0 Å². The number of fused-ring (bicyclic) bond motifs is 2. The topological polar surface area (TPSA) is 101 Å². The van der Waals surface area contributed by atoms with Gasteiger partial charge in [0.05, 0.1) is 0 Å². The minimum atomic E-state index is -2.19. The molecule has 2 bridgehead atoms. The minimum absolute atomic E-state index is 0.244. The van der Waals surface area contributed by atoms with Crippen molar-refractivity contribution in [2.24, 2.45) is 5.92 Å². The van der Waals surface area contributed by atoms with Gasteiger partial charge < -0.3 is 14.9 Å². The van der Waals surface area contributed by atoms with Gasteiger partial charge in [-0.05, 0) is 13.8 Å². The van der Waals surface area contributed by atoms with E-state index in [1.165, 1.54) is 19.9 Å². The maximum absolute atomic E-state index is 11.5. The molecule has 2 heterocycles. The lowest BCUT2D eigenvalue weighted by Gasteiger charge is -2.48. The van der Waals surface area contributed by atoms with Crippen molar-refractivity contribution in [3.05, 3.63) is 11.6 Å². The molecule has 0 radical (unpaired) electrons. The molecule has 1 aliphatic carbocycles. The van der Waals surface area contributed by atoms with E-state index in [9.17, 15) is 19.5 Å². The number of aliphatic hydroxyl groups is 1. The normalized spacial score (nSPS) is 39.6. The van der Waals surface area contributed by atoms with Crippen LogP contribution in [0.25, 0.3) is 0 Å². The zero-order valence-electron chi connectivity index (χ0n) is 9.39. The van der Waals surface area contributed by atoms with Gasteiger partial charge in [-0.2, -0.15) is 0 Å². The molecule has 3 aliphatic rings. The number of esters is 1. The third-order valence-electron chi connectivity index (χ3n) is 3.35. The van der Waals surface area contributed by atoms with E-state index < -0.39 is 29.1 Å². The Hall–Kier alpha value is -1.69. The van der Waals surface area contributed by atoms with Gasteiger partial charge in [-0.1, -0.05) is 6.08 Å². The molecule has 92 valence electrons. The number of aliphatic carboxylic acids is 1. The molecule has 6 nitrogen and oxygen atoms in total. The first kappa shape index (κ1) is 11.8. The van der Waals surface area contributed by atoms with Crippen LogP contribution in [0.2, 0.25) is 0 Å². The number of ether oxygens (including phenoxy) is 1. The first-order valence-electron chi connectivity index (χ1n) is 5.12. The number of carbonyl (C=O) groups excluding carboxylic acids is 2. The van der Waals surface area contributed by atoms with Gasteiger partial charge in [-0.25, -0.2) is 4.79 Å². The van der Waals surface area contributed by atoms with Gasteiger partial charge in [0.1, 0.15) is 11.5 Å². The Kier molecular flexibility index (Phi) is 2.19. The smallest absolute Gasteiger partial charge is 0.337 e. The summed E-state index contributed by atoms with van der Waals surface area (Å²) in [5.74, 6) is -3.91. The van der Waals surface area contributed by atoms with Gasteiger partial charge >= 0.3 is 11.9 Å². The second-order valence-electron chi connectivity index (χ2n) is 4.67. The van der Waals surface area contributed by atoms with Gasteiger partial charge in [0.2, 0.25) is 0 Å². The third kappa shape index (κ3) is 1.40. The Bertz CT molecular complexity index is 465. The molecule has 6 heteroatoms. The van der Waals surface area contributed by atoms with Crippen LogP contribution in [0.3, 0.4) is 0 Å². The first-order valence-corrected chi connectivity index (χ1v) is 5.12. The van der Waals surface area contributed by atoms with E-state index in [-0.39, 0.29) is 17.8 Å². The zero-order valence-corrected chi connectivity index (χ0v) is 9.39. The number of hydrogen-bond acceptors (Lipinski definition) is 5. The lowest BCUT2D eigenvalue weighted by atomic mass is 9.66. The van der Waals surface area contributed by atoms with Crippen LogP contribution in [0.1, 0.15) is 20.3 Å². The van der Waals surface area contributed by atoms with Crippen molar-refractivity contribution < 1.29 is 29.3 Å². The van der Waals surface area contributed by atoms with Crippen molar-refractivity contribution in [3.8, 4) is 0 Å². The Morgan fingerprint density at radius 2 is 2.12 bits per heavy atom. The summed E-state index contributed by atoms with van der Waals surface area (Å²) in [6.45, 7) is 2.74. The van der Waals surface area contributed by atoms with Crippen LogP contribution < -0.4 is 0 Å². The van der Waals surface area contributed by atoms with Crippen LogP contribution in [0, 0.1) is 5.92 Å². The molecule has 2 N–H and O–H groups in total. The van der Waals surface area contributed by atoms with E-state index in [2.05, 4.69) is 0 Å². The summed E-state index contributed by atoms with van der Waals surface area (Å²) in [5.41, 5.74) is -3.30. The lowest BCUT2D eigenvalue weighted by Crippen LogP contribution is -2.63. The number of Topliss-reactive ketones (excluding diaryl/α,β-unsaturated/α-hetero) is 1. The van der Waals surface area contributed by atoms with Crippen molar-refractivity contribution >= 4 is 17.7 Å². The number of ketones is 1. The SMILES string of the molecule is CC(=O)C1=C[C@H]2C(=O)O[C@]1(C)C[C@@]2(O)C(=O)O. The number of rotatable bonds is 2. The van der Waals surface area contributed by atoms with E-state index >= 15 is 0 Å². The van der Waals surface area contributed by atoms with Crippen LogP contribution in [0.15, 0.2) is 11.6 Å². The lowest BCUT2D eigenvalue weighted by molar-refractivity contribution is -0.207. The Morgan fingerprint density at radius 3 is 2.53 bits per heavy atom. The highest BCUT2D eigenvalue weighted by Crippen LogP contribution is 2.47. The summed E-state index contributed by atoms with van der Waals surface area (Å²) < 4.78 is 5.04. The zero-order chi connectivity index (χ0) is 13.0. The van der Waals surface area contributed by atoms with Crippen LogP contribution >= 0.6 is 0 Å². The predicted molar refractivity (Wildman–Crippen MR) is 54.0 cm³/mol. The molecule has 1 saturated heterocycles. The summed E-state index contributed by atoms with van der Waals surface area (Å²) in [6.07, 6.45) is 0.906. The van der Waals surface area contributed by atoms with Crippen LogP contribution in [-0.4, -0.2) is 39.1 Å². The molecule has 17 heavy (non-hydrogen) atoms. The molecular formula is C11H12O6. The Balaban J connectivity index is 2.58. The van der Waals surface area contributed by atoms with Crippen LogP contribution in [-0.2, 0) is 19.1 Å². The van der Waals surface area contributed by atoms with Crippen LogP contribution in [0.5, 0.6) is 0 Å². The molecular weight excluding hydrogens is 228 g/mol. The molecule has 0 spiro atoms. The Morgan fingerprint density at radius 1 is 1.53 bits per heavy atom. The number of carboxylic acids is 1. The fourth-order valence-corrected chi connectivity index (χ4v) is 2.54. The van der Waals surface area contributed by atoms with Gasteiger partial charge in [-0.3, -0.25) is 9.59 Å². The fourth-order valence-electron chi connectivity index (χ4n) is 2.54. The second-order valence-corrected chi connectivity index (χ2v) is 4.67. The van der Waals surface area contributed by atoms with Crippen molar-refractivity contribution in [2.45, 2.75) is 31.5 Å². The average molecular weight is 240 g/mol. The quantitative estimate of drug-likeness (QED) is 0.640. The van der Waals surface area contributed by atoms with E-state index in [1.54, 1.807) is 0 Å². The summed E-state index contributed by atoms with van der Waals surface area (Å²) >= 11 is 0. The number of carbonyl (C=O) groups is 3. The molecule has 0 aromatic heterocycles. The molecule has 0 aromatic rings. The highest BCUT2D eigenvalue weighted by atomic mass is 16.6. The Labute approximate surface area is 96.9 Å². The molecule has 2 aliphatic heterocycles. The van der Waals surface area contributed by atoms with E-state index in [4.69, 9.17) is 9.84 Å². The molecule has 0 unspecified atom stereocenters. The summed E-state index contributed by atoms with van der Waals surface area (Å²) in [6, 6.07) is 0. The molecule has 0 amide bonds. The largest absolute Gasteiger partial charge is 0.479 e. The standard InChI is InChI=1S/C11H12O6/c1-5(12)6-3-7-8(13)17-10(6,2)4-11(7,16)9(14)15/h3,7,16H,4H2,1-2H3,(H,14,15)/t7-,10+,11-/m0/s1. The highest BCUT2D eigenvalue weighted by Gasteiger charge is 2.62. The number of hydrogen-bond donors (Lipinski definition) is 2. The van der Waals surface area contributed by atoms with E-state index in [0.29, 0.717) is 0 Å². The van der Waals surface area contributed by atoms with Crippen molar-refractivity contribution in [1.29, 1.82) is 0 Å². The molecule has 3 rings (SSSR count). The van der Waals surface area contributed by atoms with E-state index in [0.717, 1.165) is 0 Å². The van der Waals surface area contributed by atoms with Crippen molar-refractivity contribution in [3.63, 3.8) is 0 Å². The van der Waals surface area contributed by atoms with Gasteiger partial charge in [0, 0.05) is 12.0 Å². The summed E-state index contributed by atoms with van der Waals surface area (Å²) in [5, 5.41) is 19.0. The first-order chi connectivity index (χ1) is 7.70. The highest BCUT2D eigenvalue weighted by molar-refractivity contribution is 6.01. The van der Waals surface area contributed by atoms with Crippen molar-refractivity contribution in [1.82, 2.24) is 0 Å². The number of carboxylic acid groups (broad SMARTS) is 1. The summed E-state index contributed by atoms with van der Waals surface area (Å²) in [4.78, 5) is 34.0. The molecule has 3 atom stereocenters. The van der Waals surface area contributed by atoms with Gasteiger partial charge in [-0.15, -0.1) is 0 Å². The summed E-state index contributed by atoms with van der Waals surface area (Å²) in [7, 11) is 0. The maximum atomic E-state index is 11.5. The third-order valence-corrected chi connectivity index (χ3v) is 3.35. The molecule has 0 saturated carbocycles.